The number of carboxylic acid groups (broad SMARTS) is 1. The number of urea groups is 1. The normalized spacial score (nSPS) is 19.5. The number of aliphatic carboxylic acids is 1. The van der Waals surface area contributed by atoms with E-state index in [0.29, 0.717) is 26.1 Å². The predicted octanol–water partition coefficient (Wildman–Crippen LogP) is 1.31. The summed E-state index contributed by atoms with van der Waals surface area (Å²) in [5.41, 5.74) is -0.885. The molecule has 2 N–H and O–H groups in total. The summed E-state index contributed by atoms with van der Waals surface area (Å²) in [7, 11) is 1.72. The molecule has 0 spiro atoms. The largest absolute Gasteiger partial charge is 0.481 e. The van der Waals surface area contributed by atoms with Gasteiger partial charge in [0.2, 0.25) is 0 Å². The summed E-state index contributed by atoms with van der Waals surface area (Å²) in [4.78, 5) is 25.0. The van der Waals surface area contributed by atoms with Gasteiger partial charge >= 0.3 is 12.0 Å². The minimum absolute atomic E-state index is 0.135. The molecule has 0 aromatic rings. The van der Waals surface area contributed by atoms with Crippen LogP contribution in [0.25, 0.3) is 0 Å². The molecule has 6 nitrogen and oxygen atoms in total. The number of amides is 2. The fourth-order valence-electron chi connectivity index (χ4n) is 2.07. The molecule has 1 heterocycles. The Labute approximate surface area is 114 Å². The van der Waals surface area contributed by atoms with Gasteiger partial charge in [0.1, 0.15) is 0 Å². The fourth-order valence-corrected chi connectivity index (χ4v) is 2.07. The molecule has 2 amide bonds. The molecule has 0 aliphatic carbocycles. The summed E-state index contributed by atoms with van der Waals surface area (Å²) in [5, 5.41) is 12.1. The number of rotatable bonds is 5. The second-order valence-electron chi connectivity index (χ2n) is 5.22. The van der Waals surface area contributed by atoms with E-state index in [1.807, 2.05) is 13.8 Å². The van der Waals surface area contributed by atoms with Gasteiger partial charge in [0.15, 0.2) is 0 Å². The summed E-state index contributed by atoms with van der Waals surface area (Å²) in [6.45, 7) is 4.99. The van der Waals surface area contributed by atoms with Crippen LogP contribution in [-0.4, -0.2) is 54.9 Å². The van der Waals surface area contributed by atoms with Crippen molar-refractivity contribution >= 4 is 12.0 Å². The fraction of sp³-hybridized carbons (Fsp3) is 0.846. The summed E-state index contributed by atoms with van der Waals surface area (Å²) < 4.78 is 5.20. The molecule has 0 aromatic heterocycles. The maximum Gasteiger partial charge on any atom is 0.317 e. The average molecular weight is 272 g/mol. The molecule has 6 heteroatoms. The number of carbonyl (C=O) groups is 2. The minimum Gasteiger partial charge on any atom is -0.481 e. The molecule has 19 heavy (non-hydrogen) atoms. The Balaban J connectivity index is 2.57. The van der Waals surface area contributed by atoms with Gasteiger partial charge in [-0.05, 0) is 26.2 Å². The molecule has 1 aliphatic rings. The van der Waals surface area contributed by atoms with Crippen molar-refractivity contribution in [1.29, 1.82) is 0 Å². The summed E-state index contributed by atoms with van der Waals surface area (Å²) >= 11 is 0. The number of ether oxygens (including phenoxy) is 1. The van der Waals surface area contributed by atoms with E-state index in [-0.39, 0.29) is 18.6 Å². The topological polar surface area (TPSA) is 78.9 Å². The predicted molar refractivity (Wildman–Crippen MR) is 71.0 cm³/mol. The zero-order chi connectivity index (χ0) is 14.5. The first-order valence-corrected chi connectivity index (χ1v) is 6.75. The Kier molecular flexibility index (Phi) is 5.60. The van der Waals surface area contributed by atoms with Gasteiger partial charge in [-0.3, -0.25) is 4.79 Å². The lowest BCUT2D eigenvalue weighted by atomic mass is 9.80. The summed E-state index contributed by atoms with van der Waals surface area (Å²) in [5.74, 6) is -0.859. The monoisotopic (exact) mass is 272 g/mol. The molecule has 1 saturated heterocycles. The van der Waals surface area contributed by atoms with Gasteiger partial charge in [0, 0.05) is 32.8 Å². The SMILES string of the molecule is CCC(C)N(C)C(=O)NCC1(C(=O)O)CCOCC1. The van der Waals surface area contributed by atoms with Crippen molar-refractivity contribution in [3.8, 4) is 0 Å². The first-order valence-electron chi connectivity index (χ1n) is 6.75. The smallest absolute Gasteiger partial charge is 0.317 e. The second-order valence-corrected chi connectivity index (χ2v) is 5.22. The van der Waals surface area contributed by atoms with E-state index in [2.05, 4.69) is 5.32 Å². The summed E-state index contributed by atoms with van der Waals surface area (Å²) in [6.07, 6.45) is 1.74. The van der Waals surface area contributed by atoms with Gasteiger partial charge in [0.25, 0.3) is 0 Å². The molecule has 0 aromatic carbocycles. The average Bonchev–Trinajstić information content (AvgIpc) is 2.43. The molecular formula is C13H24N2O4. The van der Waals surface area contributed by atoms with Crippen molar-refractivity contribution in [1.82, 2.24) is 10.2 Å². The van der Waals surface area contributed by atoms with Gasteiger partial charge in [-0.2, -0.15) is 0 Å². The standard InChI is InChI=1S/C13H24N2O4/c1-4-10(2)15(3)12(18)14-9-13(11(16)17)5-7-19-8-6-13/h10H,4-9H2,1-3H3,(H,14,18)(H,16,17). The van der Waals surface area contributed by atoms with Crippen molar-refractivity contribution in [2.24, 2.45) is 5.41 Å². The molecule has 1 fully saturated rings. The van der Waals surface area contributed by atoms with Crippen LogP contribution in [0.2, 0.25) is 0 Å². The van der Waals surface area contributed by atoms with E-state index in [4.69, 9.17) is 4.74 Å². The van der Waals surface area contributed by atoms with Crippen LogP contribution in [-0.2, 0) is 9.53 Å². The Morgan fingerprint density at radius 2 is 2.00 bits per heavy atom. The third kappa shape index (κ3) is 3.83. The van der Waals surface area contributed by atoms with Crippen molar-refractivity contribution in [3.05, 3.63) is 0 Å². The third-order valence-corrected chi connectivity index (χ3v) is 4.05. The van der Waals surface area contributed by atoms with Gasteiger partial charge in [0.05, 0.1) is 5.41 Å². The molecule has 1 aliphatic heterocycles. The van der Waals surface area contributed by atoms with Crippen LogP contribution in [0.4, 0.5) is 4.79 Å². The van der Waals surface area contributed by atoms with E-state index in [0.717, 1.165) is 6.42 Å². The van der Waals surface area contributed by atoms with Crippen molar-refractivity contribution in [3.63, 3.8) is 0 Å². The maximum absolute atomic E-state index is 11.9. The Morgan fingerprint density at radius 3 is 2.47 bits per heavy atom. The molecule has 0 radical (unpaired) electrons. The van der Waals surface area contributed by atoms with E-state index in [1.54, 1.807) is 11.9 Å². The van der Waals surface area contributed by atoms with Crippen LogP contribution >= 0.6 is 0 Å². The van der Waals surface area contributed by atoms with Crippen molar-refractivity contribution in [2.45, 2.75) is 39.2 Å². The highest BCUT2D eigenvalue weighted by atomic mass is 16.5. The van der Waals surface area contributed by atoms with Crippen LogP contribution in [0.1, 0.15) is 33.1 Å². The lowest BCUT2D eigenvalue weighted by Crippen LogP contribution is -2.50. The van der Waals surface area contributed by atoms with Crippen LogP contribution in [0, 0.1) is 5.41 Å². The van der Waals surface area contributed by atoms with E-state index < -0.39 is 11.4 Å². The molecule has 1 rings (SSSR count). The molecule has 1 unspecified atom stereocenters. The molecule has 110 valence electrons. The van der Waals surface area contributed by atoms with Crippen LogP contribution in [0.3, 0.4) is 0 Å². The van der Waals surface area contributed by atoms with E-state index in [9.17, 15) is 14.7 Å². The number of hydrogen-bond acceptors (Lipinski definition) is 3. The second kappa shape index (κ2) is 6.75. The zero-order valence-electron chi connectivity index (χ0n) is 11.9. The number of carbonyl (C=O) groups excluding carboxylic acids is 1. The molecular weight excluding hydrogens is 248 g/mol. The van der Waals surface area contributed by atoms with Crippen LogP contribution in [0.15, 0.2) is 0 Å². The molecule has 1 atom stereocenters. The van der Waals surface area contributed by atoms with Gasteiger partial charge in [-0.15, -0.1) is 0 Å². The number of hydrogen-bond donors (Lipinski definition) is 2. The van der Waals surface area contributed by atoms with Crippen molar-refractivity contribution in [2.75, 3.05) is 26.8 Å². The molecule has 0 bridgehead atoms. The minimum atomic E-state index is -0.885. The van der Waals surface area contributed by atoms with Crippen LogP contribution in [0.5, 0.6) is 0 Å². The molecule has 0 saturated carbocycles. The highest BCUT2D eigenvalue weighted by Crippen LogP contribution is 2.30. The highest BCUT2D eigenvalue weighted by Gasteiger charge is 2.40. The van der Waals surface area contributed by atoms with Crippen molar-refractivity contribution < 1.29 is 19.4 Å². The van der Waals surface area contributed by atoms with Gasteiger partial charge in [-0.1, -0.05) is 6.92 Å². The number of carboxylic acids is 1. The number of nitrogens with one attached hydrogen (secondary N) is 1. The lowest BCUT2D eigenvalue weighted by molar-refractivity contribution is -0.154. The van der Waals surface area contributed by atoms with E-state index in [1.165, 1.54) is 0 Å². The Bertz CT molecular complexity index is 327. The van der Waals surface area contributed by atoms with Gasteiger partial charge in [-0.25, -0.2) is 4.79 Å². The Morgan fingerprint density at radius 1 is 1.42 bits per heavy atom. The first kappa shape index (κ1) is 15.8. The maximum atomic E-state index is 11.9. The third-order valence-electron chi connectivity index (χ3n) is 4.05. The van der Waals surface area contributed by atoms with E-state index >= 15 is 0 Å². The quantitative estimate of drug-likeness (QED) is 0.791. The lowest BCUT2D eigenvalue weighted by Gasteiger charge is -2.34. The summed E-state index contributed by atoms with van der Waals surface area (Å²) in [6, 6.07) is -0.0862. The Hall–Kier alpha value is -1.30. The first-order chi connectivity index (χ1) is 8.93. The van der Waals surface area contributed by atoms with Crippen LogP contribution < -0.4 is 5.32 Å². The van der Waals surface area contributed by atoms with Gasteiger partial charge < -0.3 is 20.1 Å². The zero-order valence-corrected chi connectivity index (χ0v) is 11.9. The number of nitrogens with zero attached hydrogens (tertiary/aromatic N) is 1. The highest BCUT2D eigenvalue weighted by molar-refractivity contribution is 5.78.